The maximum absolute atomic E-state index is 15.0. The van der Waals surface area contributed by atoms with Gasteiger partial charge in [-0.25, -0.2) is 14.4 Å². The summed E-state index contributed by atoms with van der Waals surface area (Å²) in [6, 6.07) is 18.5. The van der Waals surface area contributed by atoms with Gasteiger partial charge >= 0.3 is 0 Å². The second-order valence-corrected chi connectivity index (χ2v) is 11.7. The van der Waals surface area contributed by atoms with Crippen molar-refractivity contribution >= 4 is 16.7 Å². The number of hydrogen-bond donors (Lipinski definition) is 2. The fraction of sp³-hybridized carbons (Fsp3) is 0.300. The van der Waals surface area contributed by atoms with Crippen molar-refractivity contribution in [3.05, 3.63) is 83.9 Å². The van der Waals surface area contributed by atoms with Crippen LogP contribution in [0.2, 0.25) is 0 Å². The molecule has 6 rings (SSSR count). The van der Waals surface area contributed by atoms with E-state index in [-0.39, 0.29) is 11.2 Å². The second-order valence-electron chi connectivity index (χ2n) is 11.7. The van der Waals surface area contributed by atoms with Crippen LogP contribution in [0.5, 0.6) is 0 Å². The number of benzene rings is 2. The van der Waals surface area contributed by atoms with Crippen LogP contribution < -0.4 is 5.73 Å². The molecule has 1 fully saturated rings. The van der Waals surface area contributed by atoms with Crippen LogP contribution in [0.4, 0.5) is 4.39 Å². The van der Waals surface area contributed by atoms with Crippen molar-refractivity contribution < 1.29 is 9.50 Å². The summed E-state index contributed by atoms with van der Waals surface area (Å²) in [5.41, 5.74) is 11.0. The van der Waals surface area contributed by atoms with Crippen molar-refractivity contribution in [2.75, 3.05) is 0 Å². The first-order valence-electron chi connectivity index (χ1n) is 12.5. The van der Waals surface area contributed by atoms with Crippen LogP contribution in [0.3, 0.4) is 0 Å². The molecule has 0 radical (unpaired) electrons. The van der Waals surface area contributed by atoms with Crippen molar-refractivity contribution in [3.8, 4) is 22.4 Å². The lowest BCUT2D eigenvalue weighted by Gasteiger charge is -2.49. The van der Waals surface area contributed by atoms with Crippen molar-refractivity contribution in [2.45, 2.75) is 57.1 Å². The third-order valence-electron chi connectivity index (χ3n) is 7.32. The van der Waals surface area contributed by atoms with Crippen molar-refractivity contribution in [2.24, 2.45) is 5.73 Å². The first-order chi connectivity index (χ1) is 17.4. The largest absolute Gasteiger partial charge is 0.390 e. The summed E-state index contributed by atoms with van der Waals surface area (Å²) in [4.78, 5) is 9.66. The lowest BCUT2D eigenvalue weighted by Crippen LogP contribution is -2.58. The molecule has 0 atom stereocenters. The molecule has 37 heavy (non-hydrogen) atoms. The highest BCUT2D eigenvalue weighted by molar-refractivity contribution is 5.90. The molecule has 188 valence electrons. The number of aliphatic hydroxyl groups is 1. The number of nitrogens with zero attached hydrogens (tertiary/aromatic N) is 4. The van der Waals surface area contributed by atoms with E-state index < -0.39 is 11.1 Å². The van der Waals surface area contributed by atoms with Gasteiger partial charge in [-0.05, 0) is 37.5 Å². The number of fused-ring (bicyclic) bond motifs is 3. The van der Waals surface area contributed by atoms with Gasteiger partial charge in [0, 0.05) is 45.3 Å². The van der Waals surface area contributed by atoms with Gasteiger partial charge in [0.05, 0.1) is 17.0 Å². The highest BCUT2D eigenvalue weighted by Crippen LogP contribution is 2.46. The zero-order valence-electron chi connectivity index (χ0n) is 21.5. The molecule has 7 heteroatoms. The molecule has 0 spiro atoms. The Morgan fingerprint density at radius 1 is 1.00 bits per heavy atom. The summed E-state index contributed by atoms with van der Waals surface area (Å²) in [7, 11) is 0. The second kappa shape index (κ2) is 7.91. The molecule has 0 bridgehead atoms. The van der Waals surface area contributed by atoms with Crippen LogP contribution in [0.15, 0.2) is 66.9 Å². The van der Waals surface area contributed by atoms with Crippen LogP contribution in [-0.4, -0.2) is 30.3 Å². The van der Waals surface area contributed by atoms with E-state index in [9.17, 15) is 5.11 Å². The zero-order valence-corrected chi connectivity index (χ0v) is 21.5. The molecule has 2 aromatic carbocycles. The van der Waals surface area contributed by atoms with Crippen molar-refractivity contribution in [1.29, 1.82) is 0 Å². The summed E-state index contributed by atoms with van der Waals surface area (Å²) >= 11 is 0. The maximum Gasteiger partial charge on any atom is 0.165 e. The first kappa shape index (κ1) is 23.7. The van der Waals surface area contributed by atoms with E-state index in [1.807, 2.05) is 49.4 Å². The number of rotatable bonds is 3. The number of halogens is 1. The zero-order chi connectivity index (χ0) is 26.2. The smallest absolute Gasteiger partial charge is 0.165 e. The first-order valence-corrected chi connectivity index (χ1v) is 12.5. The molecule has 0 aliphatic heterocycles. The van der Waals surface area contributed by atoms with Gasteiger partial charge in [-0.2, -0.15) is 9.61 Å². The Labute approximate surface area is 215 Å². The van der Waals surface area contributed by atoms with Gasteiger partial charge in [0.15, 0.2) is 11.3 Å². The monoisotopic (exact) mass is 495 g/mol. The van der Waals surface area contributed by atoms with E-state index in [1.165, 1.54) is 6.07 Å². The van der Waals surface area contributed by atoms with Gasteiger partial charge in [-0.15, -0.1) is 0 Å². The highest BCUT2D eigenvalue weighted by atomic mass is 19.1. The standard InChI is InChI=1S/C30H30FN5O/c1-28(2,3)24-14-25-33-15-19-13-22(21-7-5-6-8-23(21)31)26(34-27(19)36(25)35-24)18-9-11-20(12-10-18)30(32)16-29(4,37)17-30/h5-15,37H,16-17,32H2,1-4H3. The van der Waals surface area contributed by atoms with Crippen LogP contribution in [0.25, 0.3) is 39.1 Å². The SMILES string of the molecule is CC1(O)CC(N)(c2ccc(-c3nc4c(cnc5cc(C(C)(C)C)nn54)cc3-c3ccccc3F)cc2)C1. The molecule has 0 saturated heterocycles. The fourth-order valence-electron chi connectivity index (χ4n) is 5.48. The van der Waals surface area contributed by atoms with Gasteiger partial charge in [0.2, 0.25) is 0 Å². The summed E-state index contributed by atoms with van der Waals surface area (Å²) < 4.78 is 16.8. The summed E-state index contributed by atoms with van der Waals surface area (Å²) in [5.74, 6) is -0.317. The van der Waals surface area contributed by atoms with Gasteiger partial charge in [-0.1, -0.05) is 63.2 Å². The van der Waals surface area contributed by atoms with Crippen LogP contribution in [0, 0.1) is 5.82 Å². The number of pyridine rings is 1. The van der Waals surface area contributed by atoms with Crippen molar-refractivity contribution in [1.82, 2.24) is 19.6 Å². The van der Waals surface area contributed by atoms with Gasteiger partial charge in [0.1, 0.15) is 5.82 Å². The lowest BCUT2D eigenvalue weighted by atomic mass is 9.63. The molecular weight excluding hydrogens is 465 g/mol. The Morgan fingerprint density at radius 2 is 1.70 bits per heavy atom. The molecule has 3 heterocycles. The molecule has 1 aliphatic rings. The highest BCUT2D eigenvalue weighted by Gasteiger charge is 2.49. The summed E-state index contributed by atoms with van der Waals surface area (Å²) in [6.07, 6.45) is 2.78. The van der Waals surface area contributed by atoms with Crippen LogP contribution >= 0.6 is 0 Å². The number of aromatic nitrogens is 4. The lowest BCUT2D eigenvalue weighted by molar-refractivity contribution is -0.0738. The average Bonchev–Trinajstić information content (AvgIpc) is 3.28. The predicted molar refractivity (Wildman–Crippen MR) is 144 cm³/mol. The topological polar surface area (TPSA) is 89.3 Å². The van der Waals surface area contributed by atoms with E-state index in [0.717, 1.165) is 22.2 Å². The minimum Gasteiger partial charge on any atom is -0.390 e. The Balaban J connectivity index is 1.55. The molecule has 6 nitrogen and oxygen atoms in total. The molecule has 0 unspecified atom stereocenters. The minimum absolute atomic E-state index is 0.143. The van der Waals surface area contributed by atoms with Crippen molar-refractivity contribution in [3.63, 3.8) is 0 Å². The average molecular weight is 496 g/mol. The van der Waals surface area contributed by atoms with E-state index in [0.29, 0.717) is 41.0 Å². The van der Waals surface area contributed by atoms with Crippen LogP contribution in [-0.2, 0) is 11.0 Å². The van der Waals surface area contributed by atoms with Gasteiger partial charge in [0.25, 0.3) is 0 Å². The normalized spacial score (nSPS) is 21.9. The maximum atomic E-state index is 15.0. The number of hydrogen-bond acceptors (Lipinski definition) is 5. The fourth-order valence-corrected chi connectivity index (χ4v) is 5.48. The summed E-state index contributed by atoms with van der Waals surface area (Å²) in [6.45, 7) is 8.14. The molecular formula is C30H30FN5O. The third-order valence-corrected chi connectivity index (χ3v) is 7.32. The molecule has 0 amide bonds. The third kappa shape index (κ3) is 3.99. The Kier molecular flexibility index (Phi) is 5.07. The van der Waals surface area contributed by atoms with Gasteiger partial charge < -0.3 is 10.8 Å². The molecule has 5 aromatic rings. The molecule has 3 N–H and O–H groups in total. The Morgan fingerprint density at radius 3 is 2.35 bits per heavy atom. The van der Waals surface area contributed by atoms with E-state index in [2.05, 4.69) is 25.8 Å². The van der Waals surface area contributed by atoms with E-state index in [1.54, 1.807) is 22.8 Å². The van der Waals surface area contributed by atoms with Gasteiger partial charge in [-0.3, -0.25) is 0 Å². The minimum atomic E-state index is -0.736. The van der Waals surface area contributed by atoms with Crippen LogP contribution in [0.1, 0.15) is 51.8 Å². The molecule has 3 aromatic heterocycles. The molecule has 1 saturated carbocycles. The Hall–Kier alpha value is -3.68. The number of nitrogens with two attached hydrogens (primary N) is 1. The Bertz CT molecular complexity index is 1660. The van der Waals surface area contributed by atoms with E-state index in [4.69, 9.17) is 15.8 Å². The predicted octanol–water partition coefficient (Wildman–Crippen LogP) is 5.75. The quantitative estimate of drug-likeness (QED) is 0.333. The molecule has 1 aliphatic carbocycles. The summed E-state index contributed by atoms with van der Waals surface area (Å²) in [5, 5.41) is 15.8. The van der Waals surface area contributed by atoms with E-state index >= 15 is 4.39 Å².